The highest BCUT2D eigenvalue weighted by Crippen LogP contribution is 2.49. The lowest BCUT2D eigenvalue weighted by Crippen LogP contribution is -2.47. The molecule has 6 heteroatoms. The molecule has 6 nitrogen and oxygen atoms in total. The van der Waals surface area contributed by atoms with Crippen LogP contribution in [0.15, 0.2) is 54.1 Å². The molecular weight excluding hydrogens is 428 g/mol. The number of imidazole rings is 1. The second-order valence-electron chi connectivity index (χ2n) is 10.6. The minimum atomic E-state index is -0.950. The highest BCUT2D eigenvalue weighted by molar-refractivity contribution is 5.86. The highest BCUT2D eigenvalue weighted by atomic mass is 16.7. The number of hydrogen-bond donors (Lipinski definition) is 0. The molecule has 184 valence electrons. The first-order chi connectivity index (χ1) is 16.1. The lowest BCUT2D eigenvalue weighted by atomic mass is 9.65. The van der Waals surface area contributed by atoms with Crippen molar-refractivity contribution >= 4 is 12.0 Å². The highest BCUT2D eigenvalue weighted by Gasteiger charge is 2.52. The van der Waals surface area contributed by atoms with Crippen molar-refractivity contribution in [2.45, 2.75) is 65.0 Å². The number of fused-ring (bicyclic) bond motifs is 3. The molecule has 1 aromatic heterocycles. The number of aryl methyl sites for hydroxylation is 1. The number of allylic oxidation sites excluding steroid dienone is 3. The third kappa shape index (κ3) is 4.58. The van der Waals surface area contributed by atoms with Crippen LogP contribution in [0.5, 0.6) is 0 Å². The SMILES string of the molecule is CO[C@]12C=C[C@](C)(O1)[C@@H](OC(=O)/C=C/c1cn(C)cn1)CC1C(C)=CC[C@H](C(C)C)C1/C=C\2C. The molecule has 0 saturated heterocycles. The Bertz CT molecular complexity index is 1050. The Labute approximate surface area is 203 Å². The summed E-state index contributed by atoms with van der Waals surface area (Å²) in [4.78, 5) is 17.2. The third-order valence-corrected chi connectivity index (χ3v) is 7.89. The van der Waals surface area contributed by atoms with Crippen LogP contribution in [0.2, 0.25) is 0 Å². The van der Waals surface area contributed by atoms with Crippen LogP contribution in [-0.4, -0.2) is 40.1 Å². The maximum atomic E-state index is 12.9. The van der Waals surface area contributed by atoms with Gasteiger partial charge in [0.1, 0.15) is 11.7 Å². The second-order valence-corrected chi connectivity index (χ2v) is 10.6. The predicted molar refractivity (Wildman–Crippen MR) is 133 cm³/mol. The standard InChI is InChI=1S/C28H38N2O4/c1-18(2)22-10-8-19(3)23-15-25(33-26(31)11-9-21-16-30(6)17-29-21)27(5)12-13-28(32-7,34-27)20(4)14-24(22)23/h8-9,11-14,16-18,22-25H,10,15H2,1-7H3/b11-9+,20-14-/t22-,23?,24?,25+,27+,28-/m1/s1. The molecule has 2 aliphatic heterocycles. The Balaban J connectivity index is 1.69. The van der Waals surface area contributed by atoms with Gasteiger partial charge in [0.2, 0.25) is 5.79 Å². The molecule has 0 fully saturated rings. The first-order valence-corrected chi connectivity index (χ1v) is 12.2. The summed E-state index contributed by atoms with van der Waals surface area (Å²) in [5.74, 6) is 0.271. The van der Waals surface area contributed by atoms with E-state index in [4.69, 9.17) is 14.2 Å². The van der Waals surface area contributed by atoms with E-state index in [-0.39, 0.29) is 5.92 Å². The van der Waals surface area contributed by atoms with E-state index >= 15 is 0 Å². The van der Waals surface area contributed by atoms with Gasteiger partial charge in [-0.05, 0) is 81.1 Å². The molecule has 2 unspecified atom stereocenters. The fraction of sp³-hybridized carbons (Fsp3) is 0.571. The quantitative estimate of drug-likeness (QED) is 0.337. The van der Waals surface area contributed by atoms with Gasteiger partial charge >= 0.3 is 5.97 Å². The van der Waals surface area contributed by atoms with Crippen LogP contribution in [0.3, 0.4) is 0 Å². The van der Waals surface area contributed by atoms with E-state index in [0.29, 0.717) is 29.9 Å². The maximum Gasteiger partial charge on any atom is 0.331 e. The van der Waals surface area contributed by atoms with E-state index in [1.807, 2.05) is 36.9 Å². The molecule has 4 rings (SSSR count). The average Bonchev–Trinajstić information content (AvgIpc) is 3.38. The van der Waals surface area contributed by atoms with Crippen molar-refractivity contribution in [3.8, 4) is 0 Å². The molecule has 1 aliphatic carbocycles. The van der Waals surface area contributed by atoms with Crippen molar-refractivity contribution in [2.75, 3.05) is 7.11 Å². The van der Waals surface area contributed by atoms with Gasteiger partial charge in [-0.25, -0.2) is 9.78 Å². The molecule has 2 bridgehead atoms. The summed E-state index contributed by atoms with van der Waals surface area (Å²) in [5, 5.41) is 0. The molecule has 0 amide bonds. The topological polar surface area (TPSA) is 62.6 Å². The molecular formula is C28H38N2O4. The summed E-state index contributed by atoms with van der Waals surface area (Å²) in [6, 6.07) is 0. The van der Waals surface area contributed by atoms with Crippen molar-refractivity contribution in [1.82, 2.24) is 9.55 Å². The van der Waals surface area contributed by atoms with Gasteiger partial charge in [-0.2, -0.15) is 0 Å². The fourth-order valence-electron chi connectivity index (χ4n) is 5.74. The fourth-order valence-corrected chi connectivity index (χ4v) is 5.74. The molecule has 0 saturated carbocycles. The van der Waals surface area contributed by atoms with E-state index in [2.05, 4.69) is 44.8 Å². The number of carbonyl (C=O) groups excluding carboxylic acids is 1. The number of nitrogens with zero attached hydrogens (tertiary/aromatic N) is 2. The van der Waals surface area contributed by atoms with Crippen LogP contribution in [-0.2, 0) is 26.1 Å². The molecule has 0 aromatic carbocycles. The van der Waals surface area contributed by atoms with Crippen LogP contribution in [0, 0.1) is 23.7 Å². The van der Waals surface area contributed by atoms with Gasteiger partial charge in [0, 0.05) is 26.4 Å². The van der Waals surface area contributed by atoms with Gasteiger partial charge in [0.05, 0.1) is 12.0 Å². The summed E-state index contributed by atoms with van der Waals surface area (Å²) in [7, 11) is 3.56. The number of methoxy groups -OCH3 is 1. The third-order valence-electron chi connectivity index (χ3n) is 7.89. The van der Waals surface area contributed by atoms with Crippen molar-refractivity contribution in [1.29, 1.82) is 0 Å². The van der Waals surface area contributed by atoms with Gasteiger partial charge in [-0.3, -0.25) is 0 Å². The van der Waals surface area contributed by atoms with E-state index in [1.165, 1.54) is 11.6 Å². The number of aromatic nitrogens is 2. The zero-order valence-electron chi connectivity index (χ0n) is 21.4. The minimum absolute atomic E-state index is 0.260. The normalized spacial score (nSPS) is 36.9. The van der Waals surface area contributed by atoms with Gasteiger partial charge in [-0.15, -0.1) is 0 Å². The Morgan fingerprint density at radius 3 is 2.74 bits per heavy atom. The first-order valence-electron chi connectivity index (χ1n) is 12.2. The number of ether oxygens (including phenoxy) is 3. The molecule has 6 atom stereocenters. The number of hydrogen-bond acceptors (Lipinski definition) is 5. The van der Waals surface area contributed by atoms with Crippen LogP contribution in [0.4, 0.5) is 0 Å². The van der Waals surface area contributed by atoms with Crippen molar-refractivity contribution in [2.24, 2.45) is 30.7 Å². The monoisotopic (exact) mass is 466 g/mol. The van der Waals surface area contributed by atoms with E-state index in [0.717, 1.165) is 12.0 Å². The van der Waals surface area contributed by atoms with E-state index < -0.39 is 23.5 Å². The van der Waals surface area contributed by atoms with Crippen LogP contribution < -0.4 is 0 Å². The molecule has 1 aromatic rings. The smallest absolute Gasteiger partial charge is 0.331 e. The summed E-state index contributed by atoms with van der Waals surface area (Å²) in [6.07, 6.45) is 16.6. The average molecular weight is 467 g/mol. The van der Waals surface area contributed by atoms with Crippen LogP contribution in [0.1, 0.15) is 53.2 Å². The van der Waals surface area contributed by atoms with Gasteiger partial charge < -0.3 is 18.8 Å². The second kappa shape index (κ2) is 9.31. The molecule has 0 spiro atoms. The Hall–Kier alpha value is -2.44. The number of esters is 1. The summed E-state index contributed by atoms with van der Waals surface area (Å²) < 4.78 is 20.5. The lowest BCUT2D eigenvalue weighted by molar-refractivity contribution is -0.225. The Morgan fingerprint density at radius 1 is 1.32 bits per heavy atom. The maximum absolute atomic E-state index is 12.9. The zero-order valence-corrected chi connectivity index (χ0v) is 21.4. The molecule has 0 N–H and O–H groups in total. The van der Waals surface area contributed by atoms with Crippen molar-refractivity contribution in [3.05, 3.63) is 59.7 Å². The van der Waals surface area contributed by atoms with Gasteiger partial charge in [-0.1, -0.05) is 31.6 Å². The van der Waals surface area contributed by atoms with E-state index in [1.54, 1.807) is 19.5 Å². The largest absolute Gasteiger partial charge is 0.456 e. The molecule has 3 aliphatic rings. The number of rotatable bonds is 5. The molecule has 3 heterocycles. The number of carbonyl (C=O) groups is 1. The van der Waals surface area contributed by atoms with Crippen molar-refractivity contribution in [3.63, 3.8) is 0 Å². The summed E-state index contributed by atoms with van der Waals surface area (Å²) >= 11 is 0. The van der Waals surface area contributed by atoms with Crippen molar-refractivity contribution < 1.29 is 19.0 Å². The summed E-state index contributed by atoms with van der Waals surface area (Å²) in [5.41, 5.74) is 2.31. The van der Waals surface area contributed by atoms with E-state index in [9.17, 15) is 4.79 Å². The van der Waals surface area contributed by atoms with Gasteiger partial charge in [0.25, 0.3) is 0 Å². The van der Waals surface area contributed by atoms with Crippen LogP contribution >= 0.6 is 0 Å². The lowest BCUT2D eigenvalue weighted by Gasteiger charge is -2.41. The van der Waals surface area contributed by atoms with Gasteiger partial charge in [0.15, 0.2) is 0 Å². The Kier molecular flexibility index (Phi) is 6.76. The summed E-state index contributed by atoms with van der Waals surface area (Å²) in [6.45, 7) is 10.9. The first kappa shape index (κ1) is 24.7. The zero-order chi connectivity index (χ0) is 24.7. The molecule has 34 heavy (non-hydrogen) atoms. The van der Waals surface area contributed by atoms with Crippen LogP contribution in [0.25, 0.3) is 6.08 Å². The molecule has 0 radical (unpaired) electrons. The Morgan fingerprint density at radius 2 is 2.09 bits per heavy atom. The predicted octanol–water partition coefficient (Wildman–Crippen LogP) is 5.24. The minimum Gasteiger partial charge on any atom is -0.456 e.